The molecule has 3 heterocycles. The normalized spacial score (nSPS) is 14.9. The van der Waals surface area contributed by atoms with E-state index in [1.165, 1.54) is 87.6 Å². The Labute approximate surface area is 328 Å². The van der Waals surface area contributed by atoms with E-state index >= 15 is 0 Å². The van der Waals surface area contributed by atoms with Crippen molar-refractivity contribution in [1.29, 1.82) is 0 Å². The summed E-state index contributed by atoms with van der Waals surface area (Å²) in [5.41, 5.74) is 15.8. The fraction of sp³-hybridized carbons (Fsp3) is 0.111. The van der Waals surface area contributed by atoms with Crippen LogP contribution in [0.4, 0.5) is 0 Å². The first kappa shape index (κ1) is 31.4. The molecular weight excluding hydrogens is 697 g/mol. The highest BCUT2D eigenvalue weighted by Gasteiger charge is 2.38. The van der Waals surface area contributed by atoms with Crippen molar-refractivity contribution in [2.75, 3.05) is 0 Å². The smallest absolute Gasteiger partial charge is 0.136 e. The zero-order valence-corrected chi connectivity index (χ0v) is 32.1. The van der Waals surface area contributed by atoms with E-state index in [2.05, 4.69) is 173 Å². The number of hydrogen-bond acceptors (Lipinski definition) is 3. The Kier molecular flexibility index (Phi) is 5.78. The van der Waals surface area contributed by atoms with Crippen molar-refractivity contribution in [3.63, 3.8) is 0 Å². The largest absolute Gasteiger partial charge is 0.456 e. The third-order valence-corrected chi connectivity index (χ3v) is 13.5. The van der Waals surface area contributed by atoms with Crippen molar-refractivity contribution < 1.29 is 13.3 Å². The van der Waals surface area contributed by atoms with Crippen molar-refractivity contribution >= 4 is 65.4 Å². The zero-order chi connectivity index (χ0) is 37.9. The maximum absolute atomic E-state index is 6.72. The van der Waals surface area contributed by atoms with Crippen LogP contribution in [0.15, 0.2) is 159 Å². The van der Waals surface area contributed by atoms with Gasteiger partial charge in [0, 0.05) is 43.5 Å². The lowest BCUT2D eigenvalue weighted by Crippen LogP contribution is -2.15. The number of hydrogen-bond donors (Lipinski definition) is 0. The number of benzene rings is 8. The van der Waals surface area contributed by atoms with Crippen LogP contribution >= 0.6 is 0 Å². The predicted molar refractivity (Wildman–Crippen MR) is 234 cm³/mol. The molecule has 270 valence electrons. The minimum Gasteiger partial charge on any atom is -0.456 e. The summed E-state index contributed by atoms with van der Waals surface area (Å²) in [6.45, 7) is 9.30. The molecule has 57 heavy (non-hydrogen) atoms. The summed E-state index contributed by atoms with van der Waals surface area (Å²) in [5.74, 6) is 1.74. The molecule has 3 nitrogen and oxygen atoms in total. The van der Waals surface area contributed by atoms with Crippen molar-refractivity contribution in [1.82, 2.24) is 0 Å². The summed E-state index contributed by atoms with van der Waals surface area (Å²) >= 11 is 0. The van der Waals surface area contributed by atoms with Gasteiger partial charge in [-0.15, -0.1) is 0 Å². The maximum atomic E-state index is 6.72. The summed E-state index contributed by atoms with van der Waals surface area (Å²) in [7, 11) is 0. The lowest BCUT2D eigenvalue weighted by atomic mass is 9.81. The lowest BCUT2D eigenvalue weighted by Gasteiger charge is -2.22. The van der Waals surface area contributed by atoms with Crippen LogP contribution in [0.1, 0.15) is 49.9 Å². The van der Waals surface area contributed by atoms with Crippen molar-refractivity contribution in [2.24, 2.45) is 0 Å². The molecule has 0 N–H and O–H groups in total. The molecule has 13 rings (SSSR count). The van der Waals surface area contributed by atoms with Gasteiger partial charge in [-0.05, 0) is 127 Å². The van der Waals surface area contributed by atoms with E-state index in [0.717, 1.165) is 45.0 Å². The van der Waals surface area contributed by atoms with Gasteiger partial charge in [0.05, 0.1) is 0 Å². The average molecular weight is 733 g/mol. The summed E-state index contributed by atoms with van der Waals surface area (Å²) in [5, 5.41) is 9.61. The summed E-state index contributed by atoms with van der Waals surface area (Å²) < 4.78 is 19.7. The molecular formula is C54H36O3. The second-order valence-electron chi connectivity index (χ2n) is 17.2. The molecule has 8 aromatic carbocycles. The lowest BCUT2D eigenvalue weighted by molar-refractivity contribution is 0.596. The van der Waals surface area contributed by atoms with Gasteiger partial charge in [-0.3, -0.25) is 0 Å². The Balaban J connectivity index is 0.879. The van der Waals surface area contributed by atoms with Gasteiger partial charge in [-0.2, -0.15) is 0 Å². The monoisotopic (exact) mass is 732 g/mol. The molecule has 3 aromatic heterocycles. The third kappa shape index (κ3) is 4.06. The van der Waals surface area contributed by atoms with Gasteiger partial charge in [0.25, 0.3) is 0 Å². The maximum Gasteiger partial charge on any atom is 0.136 e. The van der Waals surface area contributed by atoms with Gasteiger partial charge in [0.2, 0.25) is 0 Å². The molecule has 0 bridgehead atoms. The van der Waals surface area contributed by atoms with Crippen LogP contribution in [0, 0.1) is 0 Å². The Morgan fingerprint density at radius 1 is 0.333 bits per heavy atom. The van der Waals surface area contributed by atoms with Gasteiger partial charge in [0.15, 0.2) is 0 Å². The number of rotatable bonds is 2. The first-order valence-electron chi connectivity index (χ1n) is 19.9. The van der Waals surface area contributed by atoms with Crippen LogP contribution in [0.2, 0.25) is 0 Å². The Hall–Kier alpha value is -6.84. The average Bonchev–Trinajstić information content (AvgIpc) is 4.04. The van der Waals surface area contributed by atoms with Crippen LogP contribution in [0.25, 0.3) is 110 Å². The minimum absolute atomic E-state index is 0.202. The van der Waals surface area contributed by atoms with Gasteiger partial charge in [-0.1, -0.05) is 113 Å². The number of furan rings is 3. The first-order chi connectivity index (χ1) is 27.7. The van der Waals surface area contributed by atoms with E-state index in [1.807, 2.05) is 0 Å². The van der Waals surface area contributed by atoms with Crippen molar-refractivity contribution in [2.45, 2.75) is 38.5 Å². The van der Waals surface area contributed by atoms with Crippen LogP contribution in [0.3, 0.4) is 0 Å². The molecule has 2 aliphatic carbocycles. The van der Waals surface area contributed by atoms with Gasteiger partial charge in [0.1, 0.15) is 33.9 Å². The summed E-state index contributed by atoms with van der Waals surface area (Å²) in [6.07, 6.45) is 0. The summed E-state index contributed by atoms with van der Waals surface area (Å²) in [4.78, 5) is 0. The van der Waals surface area contributed by atoms with E-state index in [4.69, 9.17) is 13.3 Å². The van der Waals surface area contributed by atoms with Crippen LogP contribution in [0.5, 0.6) is 0 Å². The zero-order valence-electron chi connectivity index (χ0n) is 32.1. The second-order valence-corrected chi connectivity index (χ2v) is 17.2. The Bertz CT molecular complexity index is 3350. The fourth-order valence-electron chi connectivity index (χ4n) is 10.5. The molecule has 0 radical (unpaired) electrons. The van der Waals surface area contributed by atoms with Crippen molar-refractivity contribution in [3.8, 4) is 44.9 Å². The quantitative estimate of drug-likeness (QED) is 0.178. The standard InChI is InChI=1S/C54H36O3/c1-53(2)41-23-31(13-17-35(41)37-25-39-49(27-43(37)53)56-47-19-15-29-9-5-7-11-33(29)51(39)47)45-21-22-46(55-45)32-14-18-36-38-26-40-50(28-44(38)54(3,4)42(36)24-32)57-48-20-16-30-10-6-8-12-34(30)52(40)48/h5-28H,1-4H3. The molecule has 0 amide bonds. The number of fused-ring (bicyclic) bond motifs is 16. The molecule has 0 spiro atoms. The van der Waals surface area contributed by atoms with Gasteiger partial charge >= 0.3 is 0 Å². The highest BCUT2D eigenvalue weighted by molar-refractivity contribution is 6.21. The molecule has 2 aliphatic rings. The highest BCUT2D eigenvalue weighted by Crippen LogP contribution is 2.54. The molecule has 0 saturated heterocycles. The molecule has 11 aromatic rings. The summed E-state index contributed by atoms with van der Waals surface area (Å²) in [6, 6.07) is 52.8. The van der Waals surface area contributed by atoms with E-state index in [9.17, 15) is 0 Å². The van der Waals surface area contributed by atoms with E-state index < -0.39 is 0 Å². The molecule has 0 saturated carbocycles. The highest BCUT2D eigenvalue weighted by atomic mass is 16.3. The minimum atomic E-state index is -0.202. The van der Waals surface area contributed by atoms with Crippen LogP contribution in [-0.4, -0.2) is 0 Å². The van der Waals surface area contributed by atoms with Crippen LogP contribution in [-0.2, 0) is 10.8 Å². The SMILES string of the molecule is CC1(C)c2cc(-c3ccc(-c4ccc5c(c4)C(C)(C)c4cc6oc7ccc8ccccc8c7c6cc4-5)o3)ccc2-c2cc3c(cc21)oc1ccc2ccccc2c13. The first-order valence-corrected chi connectivity index (χ1v) is 19.9. The third-order valence-electron chi connectivity index (χ3n) is 13.5. The van der Waals surface area contributed by atoms with Gasteiger partial charge in [-0.25, -0.2) is 0 Å². The van der Waals surface area contributed by atoms with Crippen LogP contribution < -0.4 is 0 Å². The fourth-order valence-corrected chi connectivity index (χ4v) is 10.5. The van der Waals surface area contributed by atoms with Crippen molar-refractivity contribution in [3.05, 3.63) is 168 Å². The second kappa shape index (κ2) is 10.5. The van der Waals surface area contributed by atoms with Gasteiger partial charge < -0.3 is 13.3 Å². The molecule has 0 unspecified atom stereocenters. The van der Waals surface area contributed by atoms with E-state index in [1.54, 1.807) is 0 Å². The Morgan fingerprint density at radius 3 is 1.25 bits per heavy atom. The molecule has 0 fully saturated rings. The predicted octanol–water partition coefficient (Wildman–Crippen LogP) is 15.3. The Morgan fingerprint density at radius 2 is 0.772 bits per heavy atom. The molecule has 3 heteroatoms. The molecule has 0 aliphatic heterocycles. The van der Waals surface area contributed by atoms with E-state index in [-0.39, 0.29) is 10.8 Å². The molecule has 0 atom stereocenters. The van der Waals surface area contributed by atoms with E-state index in [0.29, 0.717) is 0 Å². The topological polar surface area (TPSA) is 39.4 Å².